The number of carbonyl (C=O) groups excluding carboxylic acids is 1. The van der Waals surface area contributed by atoms with Crippen molar-refractivity contribution in [2.24, 2.45) is 0 Å². The summed E-state index contributed by atoms with van der Waals surface area (Å²) in [6, 6.07) is 12.1. The monoisotopic (exact) mass is 360 g/mol. The first-order valence-electron chi connectivity index (χ1n) is 7.88. The summed E-state index contributed by atoms with van der Waals surface area (Å²) < 4.78 is 30.6. The Morgan fingerprint density at radius 1 is 1.24 bits per heavy atom. The van der Waals surface area contributed by atoms with E-state index in [1.54, 1.807) is 37.4 Å². The number of anilines is 2. The van der Waals surface area contributed by atoms with E-state index in [2.05, 4.69) is 5.32 Å². The summed E-state index contributed by atoms with van der Waals surface area (Å²) in [5.74, 6) is 0.312. The van der Waals surface area contributed by atoms with Gasteiger partial charge in [-0.05, 0) is 49.2 Å². The molecule has 2 aromatic rings. The standard InChI is InChI=1S/C18H20N2O4S/c1-12-10-14-11-13(8-9-16(14)20(12)25(3,22)23)18(21)19-15-6-4-5-7-17(15)24-2/h4-9,11-12H,10H2,1-3H3,(H,19,21)/t12-/m0/s1. The normalized spacial score (nSPS) is 16.4. The number of hydrogen-bond donors (Lipinski definition) is 1. The molecule has 0 radical (unpaired) electrons. The Morgan fingerprint density at radius 3 is 2.64 bits per heavy atom. The molecule has 0 saturated carbocycles. The number of benzene rings is 2. The summed E-state index contributed by atoms with van der Waals surface area (Å²) in [6.07, 6.45) is 1.78. The molecule has 1 aliphatic rings. The van der Waals surface area contributed by atoms with Gasteiger partial charge < -0.3 is 10.1 Å². The van der Waals surface area contributed by atoms with Gasteiger partial charge in [-0.3, -0.25) is 9.10 Å². The van der Waals surface area contributed by atoms with Crippen LogP contribution in [0, 0.1) is 0 Å². The fraction of sp³-hybridized carbons (Fsp3) is 0.278. The van der Waals surface area contributed by atoms with Gasteiger partial charge in [-0.25, -0.2) is 8.42 Å². The zero-order valence-electron chi connectivity index (χ0n) is 14.3. The lowest BCUT2D eigenvalue weighted by Gasteiger charge is -2.21. The second-order valence-corrected chi connectivity index (χ2v) is 7.97. The minimum Gasteiger partial charge on any atom is -0.495 e. The van der Waals surface area contributed by atoms with Crippen molar-refractivity contribution >= 4 is 27.3 Å². The van der Waals surface area contributed by atoms with Gasteiger partial charge in [0.25, 0.3) is 5.91 Å². The molecule has 3 rings (SSSR count). The molecule has 0 aromatic heterocycles. The molecule has 25 heavy (non-hydrogen) atoms. The Balaban J connectivity index is 1.88. The summed E-state index contributed by atoms with van der Waals surface area (Å²) in [5.41, 5.74) is 2.56. The fourth-order valence-corrected chi connectivity index (χ4v) is 4.46. The summed E-state index contributed by atoms with van der Waals surface area (Å²) in [6.45, 7) is 1.86. The number of carbonyl (C=O) groups is 1. The average Bonchev–Trinajstić information content (AvgIpc) is 2.90. The second-order valence-electron chi connectivity index (χ2n) is 6.11. The van der Waals surface area contributed by atoms with Crippen LogP contribution in [0.3, 0.4) is 0 Å². The van der Waals surface area contributed by atoms with Gasteiger partial charge in [0.05, 0.1) is 24.7 Å². The van der Waals surface area contributed by atoms with E-state index in [9.17, 15) is 13.2 Å². The van der Waals surface area contributed by atoms with Crippen LogP contribution in [0.25, 0.3) is 0 Å². The molecule has 1 heterocycles. The molecule has 1 N–H and O–H groups in total. The third kappa shape index (κ3) is 3.32. The Labute approximate surface area is 147 Å². The van der Waals surface area contributed by atoms with Crippen LogP contribution in [0.15, 0.2) is 42.5 Å². The number of methoxy groups -OCH3 is 1. The van der Waals surface area contributed by atoms with Gasteiger partial charge in [0.2, 0.25) is 10.0 Å². The number of para-hydroxylation sites is 2. The maximum atomic E-state index is 12.5. The number of nitrogens with one attached hydrogen (secondary N) is 1. The predicted molar refractivity (Wildman–Crippen MR) is 97.9 cm³/mol. The van der Waals surface area contributed by atoms with E-state index in [-0.39, 0.29) is 11.9 Å². The molecule has 0 bridgehead atoms. The van der Waals surface area contributed by atoms with Gasteiger partial charge in [0.15, 0.2) is 0 Å². The molecule has 2 aromatic carbocycles. The van der Waals surface area contributed by atoms with E-state index in [4.69, 9.17) is 4.74 Å². The number of amides is 1. The van der Waals surface area contributed by atoms with Crippen molar-refractivity contribution in [3.8, 4) is 5.75 Å². The lowest BCUT2D eigenvalue weighted by molar-refractivity contribution is 0.102. The van der Waals surface area contributed by atoms with Gasteiger partial charge in [-0.2, -0.15) is 0 Å². The maximum Gasteiger partial charge on any atom is 0.255 e. The number of ether oxygens (including phenoxy) is 1. The highest BCUT2D eigenvalue weighted by Crippen LogP contribution is 2.35. The molecule has 6 nitrogen and oxygen atoms in total. The maximum absolute atomic E-state index is 12.5. The van der Waals surface area contributed by atoms with E-state index < -0.39 is 10.0 Å². The summed E-state index contributed by atoms with van der Waals surface area (Å²) in [4.78, 5) is 12.5. The number of sulfonamides is 1. The average molecular weight is 360 g/mol. The minimum atomic E-state index is -3.34. The Hall–Kier alpha value is -2.54. The molecule has 0 saturated heterocycles. The van der Waals surface area contributed by atoms with Crippen LogP contribution in [0.1, 0.15) is 22.8 Å². The molecule has 1 atom stereocenters. The molecule has 1 aliphatic heterocycles. The molecule has 0 unspecified atom stereocenters. The first kappa shape index (κ1) is 17.3. The molecule has 7 heteroatoms. The summed E-state index contributed by atoms with van der Waals surface area (Å²) in [5, 5.41) is 2.83. The second kappa shape index (κ2) is 6.40. The quantitative estimate of drug-likeness (QED) is 0.909. The lowest BCUT2D eigenvalue weighted by atomic mass is 10.1. The van der Waals surface area contributed by atoms with E-state index in [1.807, 2.05) is 19.1 Å². The molecule has 0 spiro atoms. The highest BCUT2D eigenvalue weighted by molar-refractivity contribution is 7.92. The van der Waals surface area contributed by atoms with Gasteiger partial charge in [0.1, 0.15) is 5.75 Å². The van der Waals surface area contributed by atoms with Crippen LogP contribution < -0.4 is 14.4 Å². The predicted octanol–water partition coefficient (Wildman–Crippen LogP) is 2.66. The highest BCUT2D eigenvalue weighted by Gasteiger charge is 2.32. The zero-order chi connectivity index (χ0) is 18.2. The van der Waals surface area contributed by atoms with E-state index in [1.165, 1.54) is 10.6 Å². The van der Waals surface area contributed by atoms with Gasteiger partial charge in [-0.15, -0.1) is 0 Å². The van der Waals surface area contributed by atoms with Crippen molar-refractivity contribution in [3.63, 3.8) is 0 Å². The number of fused-ring (bicyclic) bond motifs is 1. The third-order valence-electron chi connectivity index (χ3n) is 4.21. The first-order valence-corrected chi connectivity index (χ1v) is 9.73. The first-order chi connectivity index (χ1) is 11.8. The summed E-state index contributed by atoms with van der Waals surface area (Å²) in [7, 11) is -1.80. The summed E-state index contributed by atoms with van der Waals surface area (Å²) >= 11 is 0. The van der Waals surface area contributed by atoms with E-state index in [0.29, 0.717) is 29.1 Å². The molecular formula is C18H20N2O4S. The minimum absolute atomic E-state index is 0.155. The largest absolute Gasteiger partial charge is 0.495 e. The van der Waals surface area contributed by atoms with E-state index in [0.717, 1.165) is 5.56 Å². The molecule has 0 fully saturated rings. The van der Waals surface area contributed by atoms with E-state index >= 15 is 0 Å². The Morgan fingerprint density at radius 2 is 1.96 bits per heavy atom. The Kier molecular flexibility index (Phi) is 4.43. The van der Waals surface area contributed by atoms with Crippen LogP contribution in [-0.4, -0.2) is 33.7 Å². The molecule has 132 valence electrons. The van der Waals surface area contributed by atoms with Crippen LogP contribution >= 0.6 is 0 Å². The number of nitrogens with zero attached hydrogens (tertiary/aromatic N) is 1. The SMILES string of the molecule is COc1ccccc1NC(=O)c1ccc2c(c1)C[C@H](C)N2S(C)(=O)=O. The van der Waals surface area contributed by atoms with Gasteiger partial charge in [-0.1, -0.05) is 12.1 Å². The molecule has 0 aliphatic carbocycles. The van der Waals surface area contributed by atoms with Crippen LogP contribution in [0.2, 0.25) is 0 Å². The van der Waals surface area contributed by atoms with Crippen molar-refractivity contribution in [1.82, 2.24) is 0 Å². The van der Waals surface area contributed by atoms with Gasteiger partial charge >= 0.3 is 0 Å². The molecular weight excluding hydrogens is 340 g/mol. The van der Waals surface area contributed by atoms with Crippen molar-refractivity contribution < 1.29 is 17.9 Å². The topological polar surface area (TPSA) is 75.7 Å². The zero-order valence-corrected chi connectivity index (χ0v) is 15.1. The van der Waals surface area contributed by atoms with Crippen molar-refractivity contribution in [2.45, 2.75) is 19.4 Å². The smallest absolute Gasteiger partial charge is 0.255 e. The molecule has 1 amide bonds. The third-order valence-corrected chi connectivity index (χ3v) is 5.48. The Bertz CT molecular complexity index is 924. The highest BCUT2D eigenvalue weighted by atomic mass is 32.2. The van der Waals surface area contributed by atoms with Crippen molar-refractivity contribution in [3.05, 3.63) is 53.6 Å². The van der Waals surface area contributed by atoms with Crippen LogP contribution in [0.5, 0.6) is 5.75 Å². The fourth-order valence-electron chi connectivity index (χ4n) is 3.19. The number of rotatable bonds is 4. The van der Waals surface area contributed by atoms with Crippen molar-refractivity contribution in [1.29, 1.82) is 0 Å². The van der Waals surface area contributed by atoms with Crippen LogP contribution in [0.4, 0.5) is 11.4 Å². The van der Waals surface area contributed by atoms with Gasteiger partial charge in [0, 0.05) is 11.6 Å². The van der Waals surface area contributed by atoms with Crippen molar-refractivity contribution in [2.75, 3.05) is 23.0 Å². The van der Waals surface area contributed by atoms with Crippen LogP contribution in [-0.2, 0) is 16.4 Å². The lowest BCUT2D eigenvalue weighted by Crippen LogP contribution is -2.34. The number of hydrogen-bond acceptors (Lipinski definition) is 4.